The van der Waals surface area contributed by atoms with Crippen LogP contribution in [0.2, 0.25) is 0 Å². The Morgan fingerprint density at radius 2 is 2.04 bits per heavy atom. The summed E-state index contributed by atoms with van der Waals surface area (Å²) in [5.41, 5.74) is 0.735. The summed E-state index contributed by atoms with van der Waals surface area (Å²) in [7, 11) is 0. The fourth-order valence-corrected chi connectivity index (χ4v) is 3.82. The van der Waals surface area contributed by atoms with E-state index >= 15 is 0 Å². The quantitative estimate of drug-likeness (QED) is 0.804. The van der Waals surface area contributed by atoms with Crippen molar-refractivity contribution < 1.29 is 19.5 Å². The Morgan fingerprint density at radius 3 is 2.80 bits per heavy atom. The number of amides is 4. The van der Waals surface area contributed by atoms with Crippen molar-refractivity contribution in [3.05, 3.63) is 35.2 Å². The first-order valence-electron chi connectivity index (χ1n) is 8.05. The number of benzene rings is 1. The first-order chi connectivity index (χ1) is 12.0. The van der Waals surface area contributed by atoms with Crippen LogP contribution in [0, 0.1) is 0 Å². The van der Waals surface area contributed by atoms with Crippen LogP contribution in [0.5, 0.6) is 0 Å². The Kier molecular flexibility index (Phi) is 5.00. The number of urea groups is 1. The van der Waals surface area contributed by atoms with Crippen LogP contribution in [0.3, 0.4) is 0 Å². The lowest BCUT2D eigenvalue weighted by Crippen LogP contribution is -2.58. The third-order valence-corrected chi connectivity index (χ3v) is 5.23. The zero-order valence-electron chi connectivity index (χ0n) is 13.8. The number of rotatable bonds is 4. The van der Waals surface area contributed by atoms with E-state index < -0.39 is 23.9 Å². The Morgan fingerprint density at radius 1 is 1.28 bits per heavy atom. The van der Waals surface area contributed by atoms with E-state index in [1.54, 1.807) is 6.92 Å². The van der Waals surface area contributed by atoms with Gasteiger partial charge in [-0.05, 0) is 23.8 Å². The number of thiophene rings is 1. The number of hydrogen-bond acceptors (Lipinski definition) is 5. The molecule has 1 aromatic heterocycles. The van der Waals surface area contributed by atoms with Crippen molar-refractivity contribution in [3.8, 4) is 0 Å². The first kappa shape index (κ1) is 17.4. The molecule has 0 saturated carbocycles. The summed E-state index contributed by atoms with van der Waals surface area (Å²) in [5.74, 6) is -1.51. The maximum absolute atomic E-state index is 12.2. The molecule has 1 saturated heterocycles. The zero-order chi connectivity index (χ0) is 18.0. The number of aliphatic hydroxyl groups is 1. The van der Waals surface area contributed by atoms with Crippen molar-refractivity contribution in [2.45, 2.75) is 13.0 Å². The van der Waals surface area contributed by atoms with Crippen molar-refractivity contribution in [2.75, 3.05) is 26.2 Å². The van der Waals surface area contributed by atoms with Crippen molar-refractivity contribution >= 4 is 39.3 Å². The molecule has 2 heterocycles. The average molecular weight is 361 g/mol. The molecule has 1 fully saturated rings. The molecule has 1 aromatic carbocycles. The van der Waals surface area contributed by atoms with Crippen LogP contribution in [-0.4, -0.2) is 58.9 Å². The van der Waals surface area contributed by atoms with Gasteiger partial charge < -0.3 is 15.3 Å². The Hall–Kier alpha value is -2.45. The molecular formula is C17H19N3O4S. The van der Waals surface area contributed by atoms with Crippen LogP contribution in [0.25, 0.3) is 10.1 Å². The molecule has 25 heavy (non-hydrogen) atoms. The van der Waals surface area contributed by atoms with Crippen molar-refractivity contribution in [1.29, 1.82) is 0 Å². The highest BCUT2D eigenvalue weighted by molar-refractivity contribution is 7.17. The van der Waals surface area contributed by atoms with E-state index in [9.17, 15) is 19.5 Å². The number of carbonyl (C=O) groups excluding carboxylic acids is 3. The molecule has 1 atom stereocenters. The third kappa shape index (κ3) is 3.35. The van der Waals surface area contributed by atoms with Crippen LogP contribution < -0.4 is 5.32 Å². The number of aliphatic hydroxyl groups excluding tert-OH is 1. The van der Waals surface area contributed by atoms with E-state index in [4.69, 9.17) is 0 Å². The van der Waals surface area contributed by atoms with Gasteiger partial charge in [-0.3, -0.25) is 14.5 Å². The van der Waals surface area contributed by atoms with Gasteiger partial charge >= 0.3 is 17.8 Å². The van der Waals surface area contributed by atoms with Crippen molar-refractivity contribution in [3.63, 3.8) is 0 Å². The smallest absolute Gasteiger partial charge is 0.324 e. The fraction of sp³-hybridized carbons (Fsp3) is 0.353. The molecule has 1 aliphatic heterocycles. The molecule has 0 bridgehead atoms. The van der Waals surface area contributed by atoms with E-state index in [0.717, 1.165) is 20.5 Å². The number of piperazine rings is 1. The number of carbonyl (C=O) groups is 3. The first-order valence-corrected chi connectivity index (χ1v) is 8.93. The van der Waals surface area contributed by atoms with Gasteiger partial charge in [0.1, 0.15) is 0 Å². The molecule has 1 aliphatic rings. The van der Waals surface area contributed by atoms with Crippen LogP contribution >= 0.6 is 11.3 Å². The zero-order valence-corrected chi connectivity index (χ0v) is 14.6. The minimum absolute atomic E-state index is 0.0327. The summed E-state index contributed by atoms with van der Waals surface area (Å²) in [5, 5.41) is 15.7. The average Bonchev–Trinajstić information content (AvgIpc) is 3.06. The number of nitrogens with one attached hydrogen (secondary N) is 1. The maximum Gasteiger partial charge on any atom is 0.324 e. The third-order valence-electron chi connectivity index (χ3n) is 4.25. The van der Waals surface area contributed by atoms with Crippen LogP contribution in [0.15, 0.2) is 29.6 Å². The Balaban J connectivity index is 1.62. The van der Waals surface area contributed by atoms with Gasteiger partial charge in [0, 0.05) is 36.4 Å². The summed E-state index contributed by atoms with van der Waals surface area (Å²) < 4.78 is 1.05. The molecule has 3 rings (SSSR count). The number of likely N-dealkylation sites (N-methyl/N-ethyl adjacent to an activating group) is 1. The summed E-state index contributed by atoms with van der Waals surface area (Å²) >= 11 is 1.52. The molecule has 2 N–H and O–H groups in total. The van der Waals surface area contributed by atoms with Crippen LogP contribution in [0.1, 0.15) is 18.6 Å². The lowest BCUT2D eigenvalue weighted by molar-refractivity contribution is -0.153. The van der Waals surface area contributed by atoms with Gasteiger partial charge in [-0.25, -0.2) is 4.79 Å². The van der Waals surface area contributed by atoms with Crippen molar-refractivity contribution in [2.24, 2.45) is 0 Å². The molecule has 1 unspecified atom stereocenters. The number of imide groups is 1. The minimum Gasteiger partial charge on any atom is -0.387 e. The predicted octanol–water partition coefficient (Wildman–Crippen LogP) is 1.33. The van der Waals surface area contributed by atoms with Gasteiger partial charge in [-0.15, -0.1) is 11.3 Å². The lowest BCUT2D eigenvalue weighted by Gasteiger charge is -2.31. The second kappa shape index (κ2) is 7.20. The number of fused-ring (bicyclic) bond motifs is 1. The molecular weight excluding hydrogens is 342 g/mol. The predicted molar refractivity (Wildman–Crippen MR) is 94.2 cm³/mol. The monoisotopic (exact) mass is 361 g/mol. The second-order valence-electron chi connectivity index (χ2n) is 5.73. The van der Waals surface area contributed by atoms with Gasteiger partial charge in [-0.1, -0.05) is 18.2 Å². The molecule has 2 aromatic rings. The Bertz CT molecular complexity index is 819. The molecule has 8 heteroatoms. The summed E-state index contributed by atoms with van der Waals surface area (Å²) in [6, 6.07) is 7.04. The summed E-state index contributed by atoms with van der Waals surface area (Å²) in [4.78, 5) is 38.3. The van der Waals surface area contributed by atoms with Crippen LogP contribution in [0.4, 0.5) is 4.79 Å². The molecule has 0 radical (unpaired) electrons. The fourth-order valence-electron chi connectivity index (χ4n) is 2.82. The van der Waals surface area contributed by atoms with Gasteiger partial charge in [0.25, 0.3) is 0 Å². The Labute approximate surface area is 148 Å². The topological polar surface area (TPSA) is 89.9 Å². The van der Waals surface area contributed by atoms with Crippen LogP contribution in [-0.2, 0) is 9.59 Å². The molecule has 132 valence electrons. The highest BCUT2D eigenvalue weighted by Crippen LogP contribution is 2.29. The summed E-state index contributed by atoms with van der Waals surface area (Å²) in [6.45, 7) is 2.66. The normalized spacial score (nSPS) is 16.4. The maximum atomic E-state index is 12.2. The molecule has 4 amide bonds. The van der Waals surface area contributed by atoms with E-state index in [1.807, 2.05) is 29.6 Å². The van der Waals surface area contributed by atoms with E-state index in [-0.39, 0.29) is 13.1 Å². The van der Waals surface area contributed by atoms with Gasteiger partial charge in [0.15, 0.2) is 0 Å². The van der Waals surface area contributed by atoms with Crippen molar-refractivity contribution in [1.82, 2.24) is 15.1 Å². The largest absolute Gasteiger partial charge is 0.387 e. The molecule has 0 aliphatic carbocycles. The number of nitrogens with zero attached hydrogens (tertiary/aromatic N) is 2. The SMILES string of the molecule is CCN1CCN(C(=O)NCC(O)c2csc3ccccc23)C(=O)C1=O. The van der Waals surface area contributed by atoms with Gasteiger partial charge in [0.05, 0.1) is 6.10 Å². The lowest BCUT2D eigenvalue weighted by atomic mass is 10.1. The standard InChI is InChI=1S/C17H19N3O4S/c1-2-19-7-8-20(16(23)15(19)22)17(24)18-9-13(21)12-10-25-14-6-4-3-5-11(12)14/h3-6,10,13,21H,2,7-9H2,1H3,(H,18,24). The molecule has 7 nitrogen and oxygen atoms in total. The summed E-state index contributed by atoms with van der Waals surface area (Å²) in [6.07, 6.45) is -0.886. The van der Waals surface area contributed by atoms with E-state index in [0.29, 0.717) is 13.1 Å². The van der Waals surface area contributed by atoms with Gasteiger partial charge in [0.2, 0.25) is 0 Å². The van der Waals surface area contributed by atoms with E-state index in [1.165, 1.54) is 16.2 Å². The highest BCUT2D eigenvalue weighted by Gasteiger charge is 2.35. The number of hydrogen-bond donors (Lipinski definition) is 2. The van der Waals surface area contributed by atoms with Gasteiger partial charge in [-0.2, -0.15) is 0 Å². The van der Waals surface area contributed by atoms with E-state index in [2.05, 4.69) is 5.32 Å². The highest BCUT2D eigenvalue weighted by atomic mass is 32.1. The molecule has 0 spiro atoms. The second-order valence-corrected chi connectivity index (χ2v) is 6.64. The minimum atomic E-state index is -0.886.